The van der Waals surface area contributed by atoms with Gasteiger partial charge in [0.1, 0.15) is 11.6 Å². The number of fused-ring (bicyclic) bond motifs is 1. The lowest BCUT2D eigenvalue weighted by molar-refractivity contribution is -0.137. The van der Waals surface area contributed by atoms with Crippen molar-refractivity contribution in [3.05, 3.63) is 56.8 Å². The van der Waals surface area contributed by atoms with Gasteiger partial charge in [-0.3, -0.25) is 24.5 Å². The topological polar surface area (TPSA) is 104 Å². The molecule has 8 heteroatoms. The van der Waals surface area contributed by atoms with Gasteiger partial charge in [-0.15, -0.1) is 11.3 Å². The van der Waals surface area contributed by atoms with Crippen LogP contribution in [0.25, 0.3) is 0 Å². The number of rotatable bonds is 6. The van der Waals surface area contributed by atoms with E-state index < -0.39 is 17.6 Å². The summed E-state index contributed by atoms with van der Waals surface area (Å²) in [6, 6.07) is 6.83. The molecule has 0 radical (unpaired) electrons. The van der Waals surface area contributed by atoms with E-state index in [2.05, 4.69) is 26.1 Å². The quantitative estimate of drug-likeness (QED) is 0.616. The van der Waals surface area contributed by atoms with E-state index in [0.29, 0.717) is 24.0 Å². The van der Waals surface area contributed by atoms with Crippen LogP contribution in [0.5, 0.6) is 0 Å². The van der Waals surface area contributed by atoms with Crippen LogP contribution in [0.15, 0.2) is 29.6 Å². The predicted octanol–water partition coefficient (Wildman–Crippen LogP) is 3.22. The molecular formula is C26H30N2O5S. The van der Waals surface area contributed by atoms with Gasteiger partial charge in [-0.2, -0.15) is 0 Å². The molecule has 0 bridgehead atoms. The summed E-state index contributed by atoms with van der Waals surface area (Å²) >= 11 is 1.42. The van der Waals surface area contributed by atoms with Crippen molar-refractivity contribution in [2.75, 3.05) is 0 Å². The minimum Gasteiger partial charge on any atom is -0.378 e. The monoisotopic (exact) mass is 482 g/mol. The molecule has 7 nitrogen and oxygen atoms in total. The van der Waals surface area contributed by atoms with Gasteiger partial charge in [0, 0.05) is 29.6 Å². The van der Waals surface area contributed by atoms with Crippen LogP contribution in [0.2, 0.25) is 0 Å². The van der Waals surface area contributed by atoms with E-state index in [1.165, 1.54) is 23.2 Å². The number of piperidine rings is 1. The van der Waals surface area contributed by atoms with Gasteiger partial charge >= 0.3 is 0 Å². The predicted molar refractivity (Wildman–Crippen MR) is 128 cm³/mol. The Bertz CT molecular complexity index is 1160. The zero-order valence-electron chi connectivity index (χ0n) is 19.9. The molecule has 2 aliphatic heterocycles. The number of ketones is 1. The van der Waals surface area contributed by atoms with Crippen LogP contribution in [0.4, 0.5) is 0 Å². The third kappa shape index (κ3) is 4.44. The largest absolute Gasteiger partial charge is 0.378 e. The number of benzene rings is 1. The lowest BCUT2D eigenvalue weighted by Gasteiger charge is -2.29. The zero-order valence-corrected chi connectivity index (χ0v) is 20.8. The summed E-state index contributed by atoms with van der Waals surface area (Å²) in [6.45, 7) is 8.14. The summed E-state index contributed by atoms with van der Waals surface area (Å²) in [6.07, 6.45) is 1.06. The van der Waals surface area contributed by atoms with Gasteiger partial charge in [0.15, 0.2) is 5.78 Å². The molecule has 2 unspecified atom stereocenters. The molecule has 1 aromatic carbocycles. The Hall–Kier alpha value is -2.84. The van der Waals surface area contributed by atoms with E-state index in [1.54, 1.807) is 17.5 Å². The van der Waals surface area contributed by atoms with Gasteiger partial charge in [-0.25, -0.2) is 0 Å². The summed E-state index contributed by atoms with van der Waals surface area (Å²) in [5.41, 5.74) is 1.45. The van der Waals surface area contributed by atoms with Crippen molar-refractivity contribution < 1.29 is 24.3 Å². The molecule has 0 spiro atoms. The Labute approximate surface area is 203 Å². The Kier molecular flexibility index (Phi) is 6.25. The number of carbonyl (C=O) groups is 4. The number of hydrogen-bond donors (Lipinski definition) is 2. The number of nitrogens with one attached hydrogen (secondary N) is 1. The fraction of sp³-hybridized carbons (Fsp3) is 0.462. The molecule has 0 aliphatic carbocycles. The molecule has 2 aliphatic rings. The Morgan fingerprint density at radius 3 is 2.38 bits per heavy atom. The minimum absolute atomic E-state index is 0.0207. The number of aliphatic hydroxyl groups is 1. The SMILES string of the molecule is CC(C)(C)c1ccc(C(C)(O)C(=O)CCc2scc3c2CN(C2CCC(=O)NC2=O)C3=O)cc1. The highest BCUT2D eigenvalue weighted by atomic mass is 32.1. The van der Waals surface area contributed by atoms with Gasteiger partial charge in [0.05, 0.1) is 5.56 Å². The Morgan fingerprint density at radius 1 is 1.12 bits per heavy atom. The Balaban J connectivity index is 1.43. The number of nitrogens with zero attached hydrogens (tertiary/aromatic N) is 1. The lowest BCUT2D eigenvalue weighted by Crippen LogP contribution is -2.52. The van der Waals surface area contributed by atoms with Gasteiger partial charge in [-0.1, -0.05) is 45.0 Å². The van der Waals surface area contributed by atoms with Gasteiger partial charge in [0.25, 0.3) is 5.91 Å². The summed E-state index contributed by atoms with van der Waals surface area (Å²) in [4.78, 5) is 52.0. The molecule has 1 aromatic heterocycles. The molecule has 2 atom stereocenters. The van der Waals surface area contributed by atoms with Crippen LogP contribution in [-0.2, 0) is 38.4 Å². The molecule has 3 amide bonds. The van der Waals surface area contributed by atoms with Crippen molar-refractivity contribution in [1.82, 2.24) is 10.2 Å². The molecule has 2 N–H and O–H groups in total. The third-order valence-electron chi connectivity index (χ3n) is 6.82. The molecule has 1 fully saturated rings. The first-order chi connectivity index (χ1) is 15.9. The summed E-state index contributed by atoms with van der Waals surface area (Å²) in [5, 5.41) is 15.1. The Morgan fingerprint density at radius 2 is 1.76 bits per heavy atom. The fourth-order valence-corrected chi connectivity index (χ4v) is 5.58. The summed E-state index contributed by atoms with van der Waals surface area (Å²) in [7, 11) is 0. The van der Waals surface area contributed by atoms with E-state index in [0.717, 1.165) is 16.0 Å². The van der Waals surface area contributed by atoms with Crippen molar-refractivity contribution in [3.8, 4) is 0 Å². The molecule has 3 heterocycles. The van der Waals surface area contributed by atoms with Crippen LogP contribution in [0.1, 0.15) is 78.9 Å². The number of carbonyl (C=O) groups excluding carboxylic acids is 4. The molecular weight excluding hydrogens is 452 g/mol. The first-order valence-electron chi connectivity index (χ1n) is 11.5. The standard InChI is InChI=1S/C26H30N2O5S/c1-25(2,3)15-5-7-16(8-6-15)26(4,33)21(29)11-10-20-17-13-28(24(32)18(17)14-34-20)19-9-12-22(30)27-23(19)31/h5-8,14,19,33H,9-13H2,1-4H3,(H,27,30,31). The first kappa shape index (κ1) is 24.3. The molecule has 0 saturated carbocycles. The van der Waals surface area contributed by atoms with Crippen molar-refractivity contribution in [3.63, 3.8) is 0 Å². The van der Waals surface area contributed by atoms with Gasteiger partial charge in [-0.05, 0) is 41.9 Å². The molecule has 2 aromatic rings. The average Bonchev–Trinajstić information content (AvgIpc) is 3.31. The summed E-state index contributed by atoms with van der Waals surface area (Å²) < 4.78 is 0. The highest BCUT2D eigenvalue weighted by molar-refractivity contribution is 7.10. The highest BCUT2D eigenvalue weighted by Crippen LogP contribution is 2.35. The third-order valence-corrected chi connectivity index (χ3v) is 7.91. The molecule has 180 valence electrons. The number of hydrogen-bond acceptors (Lipinski definition) is 6. The maximum atomic E-state index is 13.0. The molecule has 1 saturated heterocycles. The van der Waals surface area contributed by atoms with Crippen molar-refractivity contribution >= 4 is 34.8 Å². The van der Waals surface area contributed by atoms with E-state index in [-0.39, 0.29) is 42.4 Å². The number of aryl methyl sites for hydroxylation is 1. The van der Waals surface area contributed by atoms with E-state index in [1.807, 2.05) is 12.1 Å². The van der Waals surface area contributed by atoms with Crippen LogP contribution >= 0.6 is 11.3 Å². The fourth-order valence-electron chi connectivity index (χ4n) is 4.54. The minimum atomic E-state index is -1.61. The second kappa shape index (κ2) is 8.74. The number of Topliss-reactive ketones (excluding diaryl/α,β-unsaturated/α-hetero) is 1. The second-order valence-electron chi connectivity index (χ2n) is 10.3. The lowest BCUT2D eigenvalue weighted by atomic mass is 9.83. The number of thiophene rings is 1. The normalized spacial score (nSPS) is 20.2. The molecule has 4 rings (SSSR count). The van der Waals surface area contributed by atoms with Gasteiger partial charge in [0.2, 0.25) is 11.8 Å². The first-order valence-corrected chi connectivity index (χ1v) is 12.4. The second-order valence-corrected chi connectivity index (χ2v) is 11.2. The van der Waals surface area contributed by atoms with Crippen LogP contribution in [0.3, 0.4) is 0 Å². The van der Waals surface area contributed by atoms with E-state index >= 15 is 0 Å². The van der Waals surface area contributed by atoms with Crippen molar-refractivity contribution in [2.24, 2.45) is 0 Å². The summed E-state index contributed by atoms with van der Waals surface area (Å²) in [5.74, 6) is -1.26. The number of amides is 3. The number of imide groups is 1. The van der Waals surface area contributed by atoms with Gasteiger partial charge < -0.3 is 10.0 Å². The van der Waals surface area contributed by atoms with E-state index in [4.69, 9.17) is 0 Å². The van der Waals surface area contributed by atoms with Crippen molar-refractivity contribution in [2.45, 2.75) is 77.0 Å². The maximum absolute atomic E-state index is 13.0. The highest BCUT2D eigenvalue weighted by Gasteiger charge is 2.41. The van der Waals surface area contributed by atoms with Crippen LogP contribution in [-0.4, -0.2) is 39.6 Å². The van der Waals surface area contributed by atoms with E-state index in [9.17, 15) is 24.3 Å². The average molecular weight is 483 g/mol. The maximum Gasteiger partial charge on any atom is 0.256 e. The van der Waals surface area contributed by atoms with Crippen LogP contribution in [0, 0.1) is 0 Å². The van der Waals surface area contributed by atoms with Crippen LogP contribution < -0.4 is 5.32 Å². The smallest absolute Gasteiger partial charge is 0.256 e. The zero-order chi connectivity index (χ0) is 24.8. The van der Waals surface area contributed by atoms with Crippen molar-refractivity contribution in [1.29, 1.82) is 0 Å². The molecule has 34 heavy (non-hydrogen) atoms.